The van der Waals surface area contributed by atoms with Crippen molar-refractivity contribution in [1.82, 2.24) is 20.1 Å². The van der Waals surface area contributed by atoms with E-state index in [1.54, 1.807) is 25.4 Å². The van der Waals surface area contributed by atoms with Crippen molar-refractivity contribution in [1.29, 1.82) is 0 Å². The largest absolute Gasteiger partial charge is 0.481 e. The van der Waals surface area contributed by atoms with Crippen LogP contribution in [0.1, 0.15) is 16.7 Å². The van der Waals surface area contributed by atoms with E-state index in [4.69, 9.17) is 9.84 Å². The van der Waals surface area contributed by atoms with E-state index >= 15 is 0 Å². The fraction of sp³-hybridized carbons (Fsp3) is 0.115. The quantitative estimate of drug-likeness (QED) is 0.428. The molecule has 0 atom stereocenters. The van der Waals surface area contributed by atoms with E-state index < -0.39 is 0 Å². The molecule has 32 heavy (non-hydrogen) atoms. The van der Waals surface area contributed by atoms with Crippen molar-refractivity contribution in [2.75, 3.05) is 7.11 Å². The molecule has 2 heterocycles. The van der Waals surface area contributed by atoms with Crippen LogP contribution in [0.3, 0.4) is 0 Å². The first-order valence-corrected chi connectivity index (χ1v) is 10.3. The van der Waals surface area contributed by atoms with Crippen LogP contribution in [0.25, 0.3) is 17.3 Å². The van der Waals surface area contributed by atoms with Crippen LogP contribution in [0.2, 0.25) is 0 Å². The van der Waals surface area contributed by atoms with E-state index in [1.807, 2.05) is 65.5 Å². The average Bonchev–Trinajstić information content (AvgIpc) is 3.25. The highest BCUT2D eigenvalue weighted by Crippen LogP contribution is 2.23. The summed E-state index contributed by atoms with van der Waals surface area (Å²) >= 11 is 0. The molecule has 0 unspecified atom stereocenters. The Hall–Kier alpha value is -4.19. The second-order valence-corrected chi connectivity index (χ2v) is 7.24. The summed E-state index contributed by atoms with van der Waals surface area (Å²) in [5, 5.41) is 7.66. The van der Waals surface area contributed by atoms with E-state index in [0.29, 0.717) is 19.0 Å². The van der Waals surface area contributed by atoms with Crippen molar-refractivity contribution < 1.29 is 9.53 Å². The summed E-state index contributed by atoms with van der Waals surface area (Å²) in [6.07, 6.45) is 6.99. The highest BCUT2D eigenvalue weighted by atomic mass is 16.5. The van der Waals surface area contributed by atoms with E-state index in [9.17, 15) is 4.79 Å². The number of aromatic nitrogens is 3. The van der Waals surface area contributed by atoms with Gasteiger partial charge in [0.2, 0.25) is 11.8 Å². The summed E-state index contributed by atoms with van der Waals surface area (Å²) in [7, 11) is 1.57. The molecule has 0 fully saturated rings. The van der Waals surface area contributed by atoms with Gasteiger partial charge < -0.3 is 10.1 Å². The molecule has 2 aromatic carbocycles. The van der Waals surface area contributed by atoms with E-state index in [-0.39, 0.29) is 5.91 Å². The summed E-state index contributed by atoms with van der Waals surface area (Å²) in [6.45, 7) is 1.05. The Bertz CT molecular complexity index is 1180. The van der Waals surface area contributed by atoms with E-state index in [1.165, 1.54) is 6.08 Å². The maximum Gasteiger partial charge on any atom is 0.244 e. The molecule has 6 nitrogen and oxygen atoms in total. The number of rotatable bonds is 8. The van der Waals surface area contributed by atoms with Crippen molar-refractivity contribution in [2.24, 2.45) is 0 Å². The first kappa shape index (κ1) is 21.1. The first-order chi connectivity index (χ1) is 15.7. The number of nitrogens with zero attached hydrogens (tertiary/aromatic N) is 3. The van der Waals surface area contributed by atoms with Gasteiger partial charge in [-0.25, -0.2) is 4.98 Å². The van der Waals surface area contributed by atoms with Gasteiger partial charge in [-0.05, 0) is 17.2 Å². The summed E-state index contributed by atoms with van der Waals surface area (Å²) in [6, 6.07) is 23.8. The lowest BCUT2D eigenvalue weighted by Crippen LogP contribution is -2.20. The Morgan fingerprint density at radius 3 is 2.44 bits per heavy atom. The molecule has 1 N–H and O–H groups in total. The van der Waals surface area contributed by atoms with Gasteiger partial charge in [0.25, 0.3) is 0 Å². The maximum absolute atomic E-state index is 12.4. The lowest BCUT2D eigenvalue weighted by molar-refractivity contribution is -0.116. The number of pyridine rings is 1. The molecular weight excluding hydrogens is 400 g/mol. The number of hydrogen-bond acceptors (Lipinski definition) is 4. The minimum atomic E-state index is -0.185. The highest BCUT2D eigenvalue weighted by molar-refractivity contribution is 5.92. The van der Waals surface area contributed by atoms with Crippen LogP contribution in [0.5, 0.6) is 5.88 Å². The van der Waals surface area contributed by atoms with Crippen LogP contribution in [-0.4, -0.2) is 27.8 Å². The minimum absolute atomic E-state index is 0.185. The van der Waals surface area contributed by atoms with E-state index in [0.717, 1.165) is 27.9 Å². The molecule has 0 aliphatic carbocycles. The van der Waals surface area contributed by atoms with Crippen LogP contribution in [0.15, 0.2) is 91.3 Å². The van der Waals surface area contributed by atoms with Gasteiger partial charge in [-0.3, -0.25) is 9.48 Å². The Morgan fingerprint density at radius 1 is 1.00 bits per heavy atom. The van der Waals surface area contributed by atoms with Gasteiger partial charge in [0.05, 0.1) is 19.3 Å². The van der Waals surface area contributed by atoms with Gasteiger partial charge in [-0.15, -0.1) is 0 Å². The standard InChI is InChI=1S/C26H24N4O2/c1-32-25-15-12-21(17-28-25)16-27-24(31)14-13-23-19-30(18-20-8-4-2-5-9-20)29-26(23)22-10-6-3-7-11-22/h2-15,17,19H,16,18H2,1H3,(H,27,31)/b14-13+. The smallest absolute Gasteiger partial charge is 0.244 e. The van der Waals surface area contributed by atoms with E-state index in [2.05, 4.69) is 22.4 Å². The molecular formula is C26H24N4O2. The third-order valence-corrected chi connectivity index (χ3v) is 4.91. The SMILES string of the molecule is COc1ccc(CNC(=O)/C=C/c2cn(Cc3ccccc3)nc2-c2ccccc2)cn1. The number of amides is 1. The average molecular weight is 425 g/mol. The van der Waals surface area contributed by atoms with Gasteiger partial charge in [0.1, 0.15) is 0 Å². The van der Waals surface area contributed by atoms with Gasteiger partial charge in [0.15, 0.2) is 0 Å². The molecule has 0 aliphatic heterocycles. The monoisotopic (exact) mass is 424 g/mol. The molecule has 0 saturated carbocycles. The highest BCUT2D eigenvalue weighted by Gasteiger charge is 2.10. The second-order valence-electron chi connectivity index (χ2n) is 7.24. The molecule has 0 aliphatic rings. The number of benzene rings is 2. The summed E-state index contributed by atoms with van der Waals surface area (Å²) in [5.41, 5.74) is 4.78. The van der Waals surface area contributed by atoms with Crippen LogP contribution in [-0.2, 0) is 17.9 Å². The molecule has 1 amide bonds. The molecule has 0 bridgehead atoms. The molecule has 0 radical (unpaired) electrons. The fourth-order valence-electron chi connectivity index (χ4n) is 3.28. The Labute approximate surface area is 187 Å². The fourth-order valence-corrected chi connectivity index (χ4v) is 3.28. The van der Waals surface area contributed by atoms with Crippen LogP contribution in [0.4, 0.5) is 0 Å². The predicted molar refractivity (Wildman–Crippen MR) is 125 cm³/mol. The van der Waals surface area contributed by atoms with Crippen molar-refractivity contribution in [2.45, 2.75) is 13.1 Å². The van der Waals surface area contributed by atoms with Crippen LogP contribution >= 0.6 is 0 Å². The lowest BCUT2D eigenvalue weighted by Gasteiger charge is -2.03. The summed E-state index contributed by atoms with van der Waals surface area (Å²) < 4.78 is 6.95. The van der Waals surface area contributed by atoms with Gasteiger partial charge in [0, 0.05) is 42.2 Å². The zero-order valence-electron chi connectivity index (χ0n) is 17.8. The second kappa shape index (κ2) is 10.2. The zero-order chi connectivity index (χ0) is 22.2. The van der Waals surface area contributed by atoms with Crippen molar-refractivity contribution in [3.05, 3.63) is 108 Å². The first-order valence-electron chi connectivity index (χ1n) is 10.3. The molecule has 6 heteroatoms. The molecule has 0 saturated heterocycles. The number of methoxy groups -OCH3 is 1. The summed E-state index contributed by atoms with van der Waals surface area (Å²) in [4.78, 5) is 16.5. The molecule has 0 spiro atoms. The third-order valence-electron chi connectivity index (χ3n) is 4.91. The summed E-state index contributed by atoms with van der Waals surface area (Å²) in [5.74, 6) is 0.358. The molecule has 4 aromatic rings. The van der Waals surface area contributed by atoms with Crippen molar-refractivity contribution in [3.63, 3.8) is 0 Å². The number of nitrogens with one attached hydrogen (secondary N) is 1. The predicted octanol–water partition coefficient (Wildman–Crippen LogP) is 4.33. The number of hydrogen-bond donors (Lipinski definition) is 1. The van der Waals surface area contributed by atoms with Gasteiger partial charge in [-0.1, -0.05) is 66.7 Å². The Balaban J connectivity index is 1.49. The van der Waals surface area contributed by atoms with Gasteiger partial charge in [-0.2, -0.15) is 5.10 Å². The minimum Gasteiger partial charge on any atom is -0.481 e. The van der Waals surface area contributed by atoms with Crippen LogP contribution < -0.4 is 10.1 Å². The maximum atomic E-state index is 12.4. The zero-order valence-corrected chi connectivity index (χ0v) is 17.8. The third kappa shape index (κ3) is 5.49. The normalized spacial score (nSPS) is 10.9. The number of carbonyl (C=O) groups is 1. The molecule has 160 valence electrons. The molecule has 2 aromatic heterocycles. The topological polar surface area (TPSA) is 69.0 Å². The lowest BCUT2D eigenvalue weighted by atomic mass is 10.1. The Kier molecular flexibility index (Phi) is 6.72. The Morgan fingerprint density at radius 2 is 1.75 bits per heavy atom. The van der Waals surface area contributed by atoms with Crippen molar-refractivity contribution in [3.8, 4) is 17.1 Å². The molecule has 4 rings (SSSR count). The van der Waals surface area contributed by atoms with Crippen LogP contribution in [0, 0.1) is 0 Å². The van der Waals surface area contributed by atoms with Gasteiger partial charge >= 0.3 is 0 Å². The van der Waals surface area contributed by atoms with Crippen molar-refractivity contribution >= 4 is 12.0 Å². The number of carbonyl (C=O) groups excluding carboxylic acids is 1. The number of ether oxygens (including phenoxy) is 1.